The van der Waals surface area contributed by atoms with Gasteiger partial charge in [0.1, 0.15) is 33.6 Å². The lowest BCUT2D eigenvalue weighted by Crippen LogP contribution is -2.59. The lowest BCUT2D eigenvalue weighted by molar-refractivity contribution is -0.178. The summed E-state index contributed by atoms with van der Waals surface area (Å²) in [5, 5.41) is 58.0. The van der Waals surface area contributed by atoms with E-state index in [1.807, 2.05) is 0 Å². The van der Waals surface area contributed by atoms with E-state index in [-0.39, 0.29) is 35.8 Å². The number of hydrogen-bond acceptors (Lipinski definition) is 12. The third-order valence-corrected chi connectivity index (χ3v) is 13.4. The fourth-order valence-corrected chi connectivity index (χ4v) is 10.1. The van der Waals surface area contributed by atoms with Crippen LogP contribution in [0.25, 0.3) is 0 Å². The SMILES string of the molecule is CCCCCCCCCCCCc1c(C(Oc2ccccc2)(C(=O)O)C(Oc2ccccc2)C(=O)O)c(C(Oc2ccccc2)C(=O)O)c(C(Oc2ccccc2)C(=O)O)c(C(Oc2ccccc2)C(=O)O)c1S(=O)(=O)O. The van der Waals surface area contributed by atoms with Crippen molar-refractivity contribution < 1.29 is 86.2 Å². The zero-order valence-electron chi connectivity index (χ0n) is 42.0. The molecule has 0 saturated carbocycles. The van der Waals surface area contributed by atoms with Crippen LogP contribution in [0.5, 0.6) is 28.7 Å². The molecule has 18 nitrogen and oxygen atoms in total. The summed E-state index contributed by atoms with van der Waals surface area (Å²) < 4.78 is 72.4. The zero-order chi connectivity index (χ0) is 55.5. The Morgan fingerprint density at radius 3 is 1.13 bits per heavy atom. The second-order valence-electron chi connectivity index (χ2n) is 17.9. The summed E-state index contributed by atoms with van der Waals surface area (Å²) in [5.74, 6) is -12.0. The summed E-state index contributed by atoms with van der Waals surface area (Å²) in [6.45, 7) is 2.10. The summed E-state index contributed by atoms with van der Waals surface area (Å²) in [5.41, 5.74) is -9.49. The molecular formula is C58H60O18S. The molecule has 0 spiro atoms. The van der Waals surface area contributed by atoms with Gasteiger partial charge in [0.05, 0.1) is 0 Å². The first kappa shape index (κ1) is 57.9. The first-order valence-electron chi connectivity index (χ1n) is 24.9. The van der Waals surface area contributed by atoms with Crippen LogP contribution in [0.2, 0.25) is 0 Å². The van der Waals surface area contributed by atoms with Gasteiger partial charge in [-0.2, -0.15) is 8.42 Å². The maximum absolute atomic E-state index is 15.1. The molecule has 0 radical (unpaired) electrons. The van der Waals surface area contributed by atoms with Crippen LogP contribution >= 0.6 is 0 Å². The number of aliphatic carboxylic acids is 5. The van der Waals surface area contributed by atoms with Gasteiger partial charge in [0, 0.05) is 22.3 Å². The molecule has 0 fully saturated rings. The predicted octanol–water partition coefficient (Wildman–Crippen LogP) is 10.9. The predicted molar refractivity (Wildman–Crippen MR) is 279 cm³/mol. The normalized spacial score (nSPS) is 13.6. The summed E-state index contributed by atoms with van der Waals surface area (Å²) in [6.07, 6.45) is -4.57. The molecule has 6 N–H and O–H groups in total. The molecule has 0 aliphatic heterocycles. The number of benzene rings is 6. The molecule has 406 valence electrons. The van der Waals surface area contributed by atoms with E-state index in [4.69, 9.17) is 23.7 Å². The van der Waals surface area contributed by atoms with E-state index >= 15 is 4.79 Å². The van der Waals surface area contributed by atoms with Crippen LogP contribution in [-0.2, 0) is 46.1 Å². The molecule has 77 heavy (non-hydrogen) atoms. The highest BCUT2D eigenvalue weighted by atomic mass is 32.2. The standard InChI is InChI=1S/C58H60O18S/c1-2-3-4-5-6-7-8-9-10-26-37-43-47(58(57(67)68,76-42-35-24-15-25-36-42)52(56(65)66)75-41-33-22-14-23-34-41)45(49(54(61)62)73-39-29-18-12-19-30-39)44(48(53(59)60)72-38-27-16-11-17-28-38)46(51(43)77(69,70)71)50(55(63)64)74-40-31-20-13-21-32-40/h11-25,27-36,48-50,52H,2-10,26,37H2,1H3,(H,59,60)(H,61,62)(H,63,64)(H,65,66)(H,67,68)(H,69,70,71). The van der Waals surface area contributed by atoms with Crippen molar-refractivity contribution in [2.24, 2.45) is 0 Å². The van der Waals surface area contributed by atoms with Gasteiger partial charge in [-0.15, -0.1) is 0 Å². The lowest BCUT2D eigenvalue weighted by Gasteiger charge is -2.41. The van der Waals surface area contributed by atoms with Crippen LogP contribution in [0.3, 0.4) is 0 Å². The van der Waals surface area contributed by atoms with E-state index < -0.39 is 115 Å². The van der Waals surface area contributed by atoms with Crippen LogP contribution in [0.4, 0.5) is 0 Å². The summed E-state index contributed by atoms with van der Waals surface area (Å²) >= 11 is 0. The summed E-state index contributed by atoms with van der Waals surface area (Å²) in [6, 6.07) is 34.4. The van der Waals surface area contributed by atoms with Crippen molar-refractivity contribution in [2.75, 3.05) is 0 Å². The van der Waals surface area contributed by atoms with Gasteiger partial charge in [-0.05, 0) is 79.1 Å². The number of ether oxygens (including phenoxy) is 5. The average molecular weight is 1080 g/mol. The Morgan fingerprint density at radius 2 is 0.779 bits per heavy atom. The molecule has 0 aliphatic carbocycles. The molecule has 0 saturated heterocycles. The molecule has 0 amide bonds. The molecule has 5 atom stereocenters. The van der Waals surface area contributed by atoms with Gasteiger partial charge in [0.2, 0.25) is 24.4 Å². The van der Waals surface area contributed by atoms with Gasteiger partial charge in [-0.25, -0.2) is 24.0 Å². The Balaban J connectivity index is 1.92. The van der Waals surface area contributed by atoms with E-state index in [1.54, 1.807) is 0 Å². The lowest BCUT2D eigenvalue weighted by atomic mass is 9.73. The minimum absolute atomic E-state index is 0.112. The monoisotopic (exact) mass is 1080 g/mol. The van der Waals surface area contributed by atoms with Crippen molar-refractivity contribution in [1.82, 2.24) is 0 Å². The zero-order valence-corrected chi connectivity index (χ0v) is 42.8. The quantitative estimate of drug-likeness (QED) is 0.0169. The van der Waals surface area contributed by atoms with E-state index in [0.717, 1.165) is 38.5 Å². The van der Waals surface area contributed by atoms with Gasteiger partial charge < -0.3 is 49.2 Å². The first-order valence-corrected chi connectivity index (χ1v) is 26.4. The minimum Gasteiger partial charge on any atom is -0.478 e. The van der Waals surface area contributed by atoms with Crippen molar-refractivity contribution in [2.45, 2.75) is 112 Å². The molecule has 6 rings (SSSR count). The maximum Gasteiger partial charge on any atom is 0.357 e. The van der Waals surface area contributed by atoms with Crippen LogP contribution in [0.15, 0.2) is 157 Å². The molecule has 19 heteroatoms. The summed E-state index contributed by atoms with van der Waals surface area (Å²) in [4.78, 5) is 70.4. The highest BCUT2D eigenvalue weighted by Crippen LogP contribution is 2.51. The first-order chi connectivity index (χ1) is 37.0. The Bertz CT molecular complexity index is 3030. The van der Waals surface area contributed by atoms with Crippen molar-refractivity contribution in [1.29, 1.82) is 0 Å². The van der Waals surface area contributed by atoms with Crippen molar-refractivity contribution in [3.63, 3.8) is 0 Å². The second-order valence-corrected chi connectivity index (χ2v) is 19.2. The molecule has 6 aromatic carbocycles. The van der Waals surface area contributed by atoms with Crippen molar-refractivity contribution in [3.8, 4) is 28.7 Å². The molecule has 0 aliphatic rings. The Morgan fingerprint density at radius 1 is 0.442 bits per heavy atom. The third kappa shape index (κ3) is 14.7. The largest absolute Gasteiger partial charge is 0.478 e. The van der Waals surface area contributed by atoms with Gasteiger partial charge >= 0.3 is 29.8 Å². The fraction of sp³-hybridized carbons (Fsp3) is 0.293. The van der Waals surface area contributed by atoms with Gasteiger partial charge in [-0.1, -0.05) is 156 Å². The van der Waals surface area contributed by atoms with Crippen molar-refractivity contribution >= 4 is 40.0 Å². The Hall–Kier alpha value is -8.42. The molecule has 5 unspecified atom stereocenters. The molecule has 6 aromatic rings. The molecule has 0 bridgehead atoms. The second kappa shape index (κ2) is 27.4. The smallest absolute Gasteiger partial charge is 0.357 e. The number of para-hydroxylation sites is 5. The van der Waals surface area contributed by atoms with Gasteiger partial charge in [0.15, 0.2) is 0 Å². The molecular weight excluding hydrogens is 1020 g/mol. The van der Waals surface area contributed by atoms with Crippen LogP contribution in [-0.4, -0.2) is 74.5 Å². The minimum atomic E-state index is -6.08. The highest BCUT2D eigenvalue weighted by molar-refractivity contribution is 7.86. The number of carbonyl (C=O) groups is 5. The number of rotatable bonds is 32. The van der Waals surface area contributed by atoms with Crippen LogP contribution < -0.4 is 23.7 Å². The van der Waals surface area contributed by atoms with E-state index in [9.17, 15) is 57.7 Å². The Kier molecular flexibility index (Phi) is 20.6. The average Bonchev–Trinajstić information content (AvgIpc) is 3.59. The van der Waals surface area contributed by atoms with E-state index in [1.165, 1.54) is 152 Å². The number of hydrogen-bond donors (Lipinski definition) is 6. The van der Waals surface area contributed by atoms with Gasteiger partial charge in [-0.3, -0.25) is 4.55 Å². The maximum atomic E-state index is 15.1. The van der Waals surface area contributed by atoms with Crippen LogP contribution in [0.1, 0.15) is 117 Å². The third-order valence-electron chi connectivity index (χ3n) is 12.5. The Labute approximate surface area is 445 Å². The topological polar surface area (TPSA) is 287 Å². The number of carboxylic acid groups (broad SMARTS) is 5. The molecule has 0 heterocycles. The van der Waals surface area contributed by atoms with Crippen LogP contribution in [0, 0.1) is 0 Å². The fourth-order valence-electron chi connectivity index (χ4n) is 9.12. The van der Waals surface area contributed by atoms with Gasteiger partial charge in [0.25, 0.3) is 15.7 Å². The molecule has 0 aromatic heterocycles. The highest BCUT2D eigenvalue weighted by Gasteiger charge is 2.61. The number of carboxylic acids is 5. The van der Waals surface area contributed by atoms with Crippen molar-refractivity contribution in [3.05, 3.63) is 179 Å². The van der Waals surface area contributed by atoms with E-state index in [0.29, 0.717) is 12.8 Å². The van der Waals surface area contributed by atoms with E-state index in [2.05, 4.69) is 6.92 Å². The number of unbranched alkanes of at least 4 members (excludes halogenated alkanes) is 9. The summed E-state index contributed by atoms with van der Waals surface area (Å²) in [7, 11) is -6.08.